The van der Waals surface area contributed by atoms with Crippen LogP contribution in [-0.4, -0.2) is 31.9 Å². The van der Waals surface area contributed by atoms with Crippen molar-refractivity contribution in [2.75, 3.05) is 7.11 Å². The van der Waals surface area contributed by atoms with Crippen molar-refractivity contribution in [2.45, 2.75) is 6.54 Å². The van der Waals surface area contributed by atoms with E-state index in [1.807, 2.05) is 17.5 Å². The van der Waals surface area contributed by atoms with E-state index in [4.69, 9.17) is 10.5 Å². The molecule has 0 aromatic carbocycles. The Kier molecular flexibility index (Phi) is 2.65. The molecule has 0 bridgehead atoms. The summed E-state index contributed by atoms with van der Waals surface area (Å²) in [7, 11) is 1.59. The topological polar surface area (TPSA) is 91.2 Å². The first-order valence-electron chi connectivity index (χ1n) is 5.23. The molecule has 8 heteroatoms. The minimum absolute atomic E-state index is 0.290. The molecule has 3 aromatic heterocycles. The lowest BCUT2D eigenvalue weighted by molar-refractivity contribution is 0.412. The maximum atomic E-state index is 5.58. The lowest BCUT2D eigenvalue weighted by Gasteiger charge is -1.98. The van der Waals surface area contributed by atoms with Crippen LogP contribution >= 0.6 is 11.3 Å². The van der Waals surface area contributed by atoms with Gasteiger partial charge in [0.2, 0.25) is 0 Å². The summed E-state index contributed by atoms with van der Waals surface area (Å²) >= 11 is 1.42. The molecular weight excluding hydrogens is 252 g/mol. The first kappa shape index (κ1) is 11.1. The Morgan fingerprint density at radius 1 is 1.33 bits per heavy atom. The van der Waals surface area contributed by atoms with Crippen molar-refractivity contribution in [3.05, 3.63) is 23.3 Å². The maximum absolute atomic E-state index is 5.58. The molecule has 92 valence electrons. The van der Waals surface area contributed by atoms with Gasteiger partial charge < -0.3 is 10.5 Å². The molecule has 3 heterocycles. The van der Waals surface area contributed by atoms with Crippen molar-refractivity contribution in [1.29, 1.82) is 0 Å². The fourth-order valence-electron chi connectivity index (χ4n) is 1.57. The van der Waals surface area contributed by atoms with Crippen molar-refractivity contribution in [1.82, 2.24) is 24.8 Å². The Morgan fingerprint density at radius 2 is 2.22 bits per heavy atom. The Hall–Kier alpha value is -2.06. The van der Waals surface area contributed by atoms with E-state index >= 15 is 0 Å². The molecule has 0 spiro atoms. The highest BCUT2D eigenvalue weighted by Gasteiger charge is 2.10. The highest BCUT2D eigenvalue weighted by molar-refractivity contribution is 7.11. The average molecular weight is 262 g/mol. The van der Waals surface area contributed by atoms with Gasteiger partial charge in [-0.15, -0.1) is 10.2 Å². The predicted molar refractivity (Wildman–Crippen MR) is 66.3 cm³/mol. The number of aromatic nitrogens is 5. The van der Waals surface area contributed by atoms with E-state index in [1.54, 1.807) is 11.6 Å². The zero-order valence-electron chi connectivity index (χ0n) is 9.57. The van der Waals surface area contributed by atoms with Crippen molar-refractivity contribution >= 4 is 17.0 Å². The third-order valence-corrected chi connectivity index (χ3v) is 3.23. The molecule has 0 saturated carbocycles. The van der Waals surface area contributed by atoms with Crippen molar-refractivity contribution < 1.29 is 4.74 Å². The second kappa shape index (κ2) is 4.31. The highest BCUT2D eigenvalue weighted by Crippen LogP contribution is 2.24. The summed E-state index contributed by atoms with van der Waals surface area (Å²) in [4.78, 5) is 4.29. The second-order valence-corrected chi connectivity index (χ2v) is 4.33. The van der Waals surface area contributed by atoms with Gasteiger partial charge in [-0.2, -0.15) is 9.61 Å². The predicted octanol–water partition coefficient (Wildman–Crippen LogP) is 0.715. The van der Waals surface area contributed by atoms with E-state index in [-0.39, 0.29) is 6.54 Å². The summed E-state index contributed by atoms with van der Waals surface area (Å²) in [6, 6.07) is 3.68. The zero-order valence-corrected chi connectivity index (χ0v) is 10.4. The van der Waals surface area contributed by atoms with Gasteiger partial charge in [-0.25, -0.2) is 4.98 Å². The summed E-state index contributed by atoms with van der Waals surface area (Å²) in [6.45, 7) is 0.290. The van der Waals surface area contributed by atoms with Crippen LogP contribution < -0.4 is 10.5 Å². The summed E-state index contributed by atoms with van der Waals surface area (Å²) in [5.41, 5.74) is 7.74. The quantitative estimate of drug-likeness (QED) is 0.747. The van der Waals surface area contributed by atoms with Gasteiger partial charge in [-0.05, 0) is 12.1 Å². The molecule has 0 atom stereocenters. The largest absolute Gasteiger partial charge is 0.473 e. The first-order valence-corrected chi connectivity index (χ1v) is 6.11. The third-order valence-electron chi connectivity index (χ3n) is 2.43. The van der Waals surface area contributed by atoms with Gasteiger partial charge in [0.05, 0.1) is 13.7 Å². The number of methoxy groups -OCH3 is 1. The van der Waals surface area contributed by atoms with Crippen molar-refractivity contribution in [3.63, 3.8) is 0 Å². The molecule has 0 fully saturated rings. The van der Waals surface area contributed by atoms with Gasteiger partial charge in [-0.1, -0.05) is 11.3 Å². The Balaban J connectivity index is 2.11. The minimum Gasteiger partial charge on any atom is -0.473 e. The summed E-state index contributed by atoms with van der Waals surface area (Å²) in [5.74, 6) is 0.619. The molecule has 3 aromatic rings. The SMILES string of the molecule is COc1nc(-c2ccc3nnc(CN)n3n2)cs1. The molecule has 2 N–H and O–H groups in total. The number of nitrogens with zero attached hydrogens (tertiary/aromatic N) is 5. The molecule has 7 nitrogen and oxygen atoms in total. The molecule has 3 rings (SSSR count). The van der Waals surface area contributed by atoms with Gasteiger partial charge >= 0.3 is 0 Å². The molecule has 0 radical (unpaired) electrons. The molecule has 0 aliphatic rings. The van der Waals surface area contributed by atoms with Crippen LogP contribution in [0.1, 0.15) is 5.82 Å². The number of hydrogen-bond donors (Lipinski definition) is 1. The second-order valence-electron chi connectivity index (χ2n) is 3.51. The molecule has 0 saturated heterocycles. The van der Waals surface area contributed by atoms with Crippen LogP contribution in [0.3, 0.4) is 0 Å². The zero-order chi connectivity index (χ0) is 12.5. The van der Waals surface area contributed by atoms with E-state index in [2.05, 4.69) is 20.3 Å². The fourth-order valence-corrected chi connectivity index (χ4v) is 2.20. The fraction of sp³-hybridized carbons (Fsp3) is 0.200. The standard InChI is InChI=1S/C10H10N6OS/c1-17-10-12-7(5-18-10)6-2-3-8-13-14-9(4-11)16(8)15-6/h2-3,5H,4,11H2,1H3. The molecule has 0 aliphatic carbocycles. The van der Waals surface area contributed by atoms with Gasteiger partial charge in [0.1, 0.15) is 11.4 Å². The molecule has 0 aliphatic heterocycles. The van der Waals surface area contributed by atoms with Gasteiger partial charge in [0.25, 0.3) is 5.19 Å². The number of nitrogens with two attached hydrogens (primary N) is 1. The molecular formula is C10H10N6OS. The number of rotatable bonds is 3. The van der Waals surface area contributed by atoms with E-state index < -0.39 is 0 Å². The van der Waals surface area contributed by atoms with E-state index in [1.165, 1.54) is 11.3 Å². The third kappa shape index (κ3) is 1.71. The average Bonchev–Trinajstić information content (AvgIpc) is 3.04. The highest BCUT2D eigenvalue weighted by atomic mass is 32.1. The van der Waals surface area contributed by atoms with E-state index in [9.17, 15) is 0 Å². The van der Waals surface area contributed by atoms with Gasteiger partial charge in [0, 0.05) is 5.38 Å². The van der Waals surface area contributed by atoms with Crippen LogP contribution in [-0.2, 0) is 6.54 Å². The van der Waals surface area contributed by atoms with Gasteiger partial charge in [0.15, 0.2) is 11.5 Å². The monoisotopic (exact) mass is 262 g/mol. The normalized spacial score (nSPS) is 11.0. The van der Waals surface area contributed by atoms with E-state index in [0.29, 0.717) is 16.7 Å². The van der Waals surface area contributed by atoms with E-state index in [0.717, 1.165) is 11.4 Å². The van der Waals surface area contributed by atoms with Crippen LogP contribution in [0.4, 0.5) is 0 Å². The van der Waals surface area contributed by atoms with Crippen LogP contribution in [0.5, 0.6) is 5.19 Å². The maximum Gasteiger partial charge on any atom is 0.273 e. The Labute approximate surface area is 106 Å². The van der Waals surface area contributed by atoms with Crippen LogP contribution in [0.15, 0.2) is 17.5 Å². The number of ether oxygens (including phenoxy) is 1. The molecule has 0 amide bonds. The molecule has 18 heavy (non-hydrogen) atoms. The van der Waals surface area contributed by atoms with Crippen molar-refractivity contribution in [2.24, 2.45) is 5.73 Å². The summed E-state index contributed by atoms with van der Waals surface area (Å²) in [6.07, 6.45) is 0. The Bertz CT molecular complexity index is 691. The number of hydrogen-bond acceptors (Lipinski definition) is 7. The van der Waals surface area contributed by atoms with Crippen molar-refractivity contribution in [3.8, 4) is 16.6 Å². The summed E-state index contributed by atoms with van der Waals surface area (Å²) in [5, 5.41) is 14.8. The van der Waals surface area contributed by atoms with Crippen LogP contribution in [0.25, 0.3) is 17.0 Å². The van der Waals surface area contributed by atoms with Crippen LogP contribution in [0, 0.1) is 0 Å². The summed E-state index contributed by atoms with van der Waals surface area (Å²) < 4.78 is 6.69. The number of thiazole rings is 1. The lowest BCUT2D eigenvalue weighted by Crippen LogP contribution is -2.05. The first-order chi connectivity index (χ1) is 8.81. The van der Waals surface area contributed by atoms with Crippen LogP contribution in [0.2, 0.25) is 0 Å². The van der Waals surface area contributed by atoms with Gasteiger partial charge in [-0.3, -0.25) is 0 Å². The number of fused-ring (bicyclic) bond motifs is 1. The molecule has 0 unspecified atom stereocenters. The lowest BCUT2D eigenvalue weighted by atomic mass is 10.3. The smallest absolute Gasteiger partial charge is 0.273 e. The minimum atomic E-state index is 0.290. The Morgan fingerprint density at radius 3 is 2.94 bits per heavy atom.